The van der Waals surface area contributed by atoms with Gasteiger partial charge < -0.3 is 19.7 Å². The number of rotatable bonds is 5. The fraction of sp³-hybridized carbons (Fsp3) is 0.125. The standard InChI is InChI=1S/C16H15ClN2O5/c1-23-13-4-3-10(7-14(13)24-2)16(22)19-18-8-9-5-11(17)15(21)12(20)6-9/h3-8,20-21H,1-2H3,(H,19,22)/b18-8+. The van der Waals surface area contributed by atoms with E-state index in [2.05, 4.69) is 10.5 Å². The summed E-state index contributed by atoms with van der Waals surface area (Å²) < 4.78 is 10.2. The highest BCUT2D eigenvalue weighted by Crippen LogP contribution is 2.33. The Bertz CT molecular complexity index is 769. The number of hydrogen-bond acceptors (Lipinski definition) is 6. The molecule has 2 rings (SSSR count). The van der Waals surface area contributed by atoms with Crippen molar-refractivity contribution in [3.8, 4) is 23.0 Å². The predicted molar refractivity (Wildman–Crippen MR) is 89.4 cm³/mol. The minimum Gasteiger partial charge on any atom is -0.504 e. The van der Waals surface area contributed by atoms with Crippen molar-refractivity contribution in [3.05, 3.63) is 46.5 Å². The van der Waals surface area contributed by atoms with E-state index in [1.54, 1.807) is 12.1 Å². The van der Waals surface area contributed by atoms with E-state index >= 15 is 0 Å². The maximum atomic E-state index is 12.1. The Morgan fingerprint density at radius 3 is 2.50 bits per heavy atom. The molecule has 0 aromatic heterocycles. The van der Waals surface area contributed by atoms with Crippen molar-refractivity contribution in [3.63, 3.8) is 0 Å². The third kappa shape index (κ3) is 3.88. The summed E-state index contributed by atoms with van der Waals surface area (Å²) in [6.07, 6.45) is 1.28. The highest BCUT2D eigenvalue weighted by atomic mass is 35.5. The van der Waals surface area contributed by atoms with E-state index in [4.69, 9.17) is 21.1 Å². The summed E-state index contributed by atoms with van der Waals surface area (Å²) in [7, 11) is 2.97. The smallest absolute Gasteiger partial charge is 0.271 e. The third-order valence-electron chi connectivity index (χ3n) is 3.09. The first-order chi connectivity index (χ1) is 11.5. The van der Waals surface area contributed by atoms with Crippen LogP contribution < -0.4 is 14.9 Å². The van der Waals surface area contributed by atoms with Gasteiger partial charge >= 0.3 is 0 Å². The number of aromatic hydroxyl groups is 2. The van der Waals surface area contributed by atoms with Gasteiger partial charge in [0.15, 0.2) is 23.0 Å². The Hall–Kier alpha value is -2.93. The monoisotopic (exact) mass is 350 g/mol. The highest BCUT2D eigenvalue weighted by Gasteiger charge is 2.10. The van der Waals surface area contributed by atoms with E-state index in [0.29, 0.717) is 22.6 Å². The molecular formula is C16H15ClN2O5. The lowest BCUT2D eigenvalue weighted by atomic mass is 10.2. The van der Waals surface area contributed by atoms with Gasteiger partial charge in [-0.15, -0.1) is 0 Å². The van der Waals surface area contributed by atoms with Crippen molar-refractivity contribution >= 4 is 23.7 Å². The number of hydrazone groups is 1. The Kier molecular flexibility index (Phi) is 5.49. The van der Waals surface area contributed by atoms with E-state index in [1.807, 2.05) is 0 Å². The maximum Gasteiger partial charge on any atom is 0.271 e. The lowest BCUT2D eigenvalue weighted by Crippen LogP contribution is -2.17. The normalized spacial score (nSPS) is 10.6. The predicted octanol–water partition coefficient (Wildman–Crippen LogP) is 2.53. The molecule has 0 saturated heterocycles. The van der Waals surface area contributed by atoms with Crippen LogP contribution in [0.15, 0.2) is 35.4 Å². The number of nitrogens with one attached hydrogen (secondary N) is 1. The first kappa shape index (κ1) is 17.4. The molecule has 3 N–H and O–H groups in total. The minimum absolute atomic E-state index is 0.0253. The molecule has 0 radical (unpaired) electrons. The van der Waals surface area contributed by atoms with Crippen molar-refractivity contribution in [2.24, 2.45) is 5.10 Å². The summed E-state index contributed by atoms with van der Waals surface area (Å²) in [4.78, 5) is 12.1. The molecule has 126 valence electrons. The molecular weight excluding hydrogens is 336 g/mol. The van der Waals surface area contributed by atoms with E-state index in [-0.39, 0.29) is 10.8 Å². The Morgan fingerprint density at radius 2 is 1.88 bits per heavy atom. The molecule has 0 heterocycles. The molecule has 0 saturated carbocycles. The number of hydrogen-bond donors (Lipinski definition) is 3. The van der Waals surface area contributed by atoms with E-state index in [1.165, 1.54) is 38.6 Å². The fourth-order valence-electron chi connectivity index (χ4n) is 1.89. The zero-order valence-corrected chi connectivity index (χ0v) is 13.7. The quantitative estimate of drug-likeness (QED) is 0.437. The van der Waals surface area contributed by atoms with Crippen LogP contribution in [-0.4, -0.2) is 36.6 Å². The number of carbonyl (C=O) groups excluding carboxylic acids is 1. The molecule has 0 atom stereocenters. The minimum atomic E-state index is -0.457. The van der Waals surface area contributed by atoms with Gasteiger partial charge in [-0.25, -0.2) is 5.43 Å². The van der Waals surface area contributed by atoms with Gasteiger partial charge in [0.2, 0.25) is 0 Å². The number of halogens is 1. The molecule has 0 spiro atoms. The SMILES string of the molecule is COc1ccc(C(=O)N/N=C/c2cc(O)c(O)c(Cl)c2)cc1OC. The van der Waals surface area contributed by atoms with Crippen LogP contribution in [0.1, 0.15) is 15.9 Å². The highest BCUT2D eigenvalue weighted by molar-refractivity contribution is 6.32. The van der Waals surface area contributed by atoms with Crippen LogP contribution in [0.5, 0.6) is 23.0 Å². The first-order valence-corrected chi connectivity index (χ1v) is 7.11. The number of benzene rings is 2. The van der Waals surface area contributed by atoms with Crippen LogP contribution in [0.2, 0.25) is 5.02 Å². The van der Waals surface area contributed by atoms with Crippen LogP contribution in [0.4, 0.5) is 0 Å². The maximum absolute atomic E-state index is 12.1. The van der Waals surface area contributed by atoms with Crippen LogP contribution in [0, 0.1) is 0 Å². The van der Waals surface area contributed by atoms with Crippen molar-refractivity contribution in [1.82, 2.24) is 5.43 Å². The van der Waals surface area contributed by atoms with E-state index in [0.717, 1.165) is 0 Å². The number of amides is 1. The lowest BCUT2D eigenvalue weighted by Gasteiger charge is -2.08. The van der Waals surface area contributed by atoms with Crippen LogP contribution in [-0.2, 0) is 0 Å². The number of ether oxygens (including phenoxy) is 2. The molecule has 0 aliphatic heterocycles. The van der Waals surface area contributed by atoms with Crippen LogP contribution in [0.25, 0.3) is 0 Å². The Labute approximate surface area is 143 Å². The van der Waals surface area contributed by atoms with Crippen molar-refractivity contribution in [2.45, 2.75) is 0 Å². The summed E-state index contributed by atoms with van der Waals surface area (Å²) in [5.74, 6) is -0.323. The van der Waals surface area contributed by atoms with Gasteiger partial charge in [-0.05, 0) is 35.9 Å². The number of phenolic OH excluding ortho intramolecular Hbond substituents is 2. The molecule has 24 heavy (non-hydrogen) atoms. The van der Waals surface area contributed by atoms with Crippen molar-refractivity contribution in [2.75, 3.05) is 14.2 Å². The number of phenols is 2. The van der Waals surface area contributed by atoms with Gasteiger partial charge in [0.25, 0.3) is 5.91 Å². The summed E-state index contributed by atoms with van der Waals surface area (Å²) in [5.41, 5.74) is 3.07. The van der Waals surface area contributed by atoms with Gasteiger partial charge in [0.05, 0.1) is 25.5 Å². The first-order valence-electron chi connectivity index (χ1n) is 6.73. The molecule has 0 fully saturated rings. The van der Waals surface area contributed by atoms with E-state index in [9.17, 15) is 15.0 Å². The van der Waals surface area contributed by atoms with Gasteiger partial charge in [0.1, 0.15) is 0 Å². The molecule has 0 bridgehead atoms. The molecule has 2 aromatic rings. The number of carbonyl (C=O) groups is 1. The molecule has 2 aromatic carbocycles. The second kappa shape index (κ2) is 7.56. The third-order valence-corrected chi connectivity index (χ3v) is 3.38. The second-order valence-electron chi connectivity index (χ2n) is 4.64. The number of nitrogens with zero attached hydrogens (tertiary/aromatic N) is 1. The Balaban J connectivity index is 2.10. The topological polar surface area (TPSA) is 100 Å². The summed E-state index contributed by atoms with van der Waals surface area (Å²) in [6.45, 7) is 0. The largest absolute Gasteiger partial charge is 0.504 e. The molecule has 1 amide bonds. The van der Waals surface area contributed by atoms with Gasteiger partial charge in [-0.1, -0.05) is 11.6 Å². The van der Waals surface area contributed by atoms with Gasteiger partial charge in [0, 0.05) is 5.56 Å². The fourth-order valence-corrected chi connectivity index (χ4v) is 2.11. The molecule has 0 unspecified atom stereocenters. The number of methoxy groups -OCH3 is 2. The average molecular weight is 351 g/mol. The summed E-state index contributed by atoms with van der Waals surface area (Å²) >= 11 is 5.73. The van der Waals surface area contributed by atoms with Crippen LogP contribution >= 0.6 is 11.6 Å². The average Bonchev–Trinajstić information content (AvgIpc) is 2.58. The molecule has 8 heteroatoms. The zero-order chi connectivity index (χ0) is 17.7. The molecule has 0 aliphatic rings. The molecule has 0 aliphatic carbocycles. The second-order valence-corrected chi connectivity index (χ2v) is 5.05. The lowest BCUT2D eigenvalue weighted by molar-refractivity contribution is 0.0954. The Morgan fingerprint density at radius 1 is 1.17 bits per heavy atom. The van der Waals surface area contributed by atoms with E-state index < -0.39 is 11.7 Å². The summed E-state index contributed by atoms with van der Waals surface area (Å²) in [5, 5.41) is 22.6. The van der Waals surface area contributed by atoms with Crippen LogP contribution in [0.3, 0.4) is 0 Å². The summed E-state index contributed by atoms with van der Waals surface area (Å²) in [6, 6.07) is 7.34. The van der Waals surface area contributed by atoms with Crippen molar-refractivity contribution < 1.29 is 24.5 Å². The van der Waals surface area contributed by atoms with Crippen molar-refractivity contribution in [1.29, 1.82) is 0 Å². The van der Waals surface area contributed by atoms with Gasteiger partial charge in [-0.3, -0.25) is 4.79 Å². The molecule has 7 nitrogen and oxygen atoms in total. The zero-order valence-electron chi connectivity index (χ0n) is 12.9. The van der Waals surface area contributed by atoms with Gasteiger partial charge in [-0.2, -0.15) is 5.10 Å².